The third kappa shape index (κ3) is 11.7. The molecule has 1 atom stereocenters. The Labute approximate surface area is 211 Å². The number of rotatable bonds is 9. The first-order valence-electron chi connectivity index (χ1n) is 12.1. The van der Waals surface area contributed by atoms with Crippen LogP contribution in [-0.4, -0.2) is 41.2 Å². The summed E-state index contributed by atoms with van der Waals surface area (Å²) >= 11 is 5.75. The first-order valence-corrected chi connectivity index (χ1v) is 12.5. The van der Waals surface area contributed by atoms with Crippen molar-refractivity contribution < 1.29 is 4.92 Å². The third-order valence-electron chi connectivity index (χ3n) is 5.44. The number of nitrogens with one attached hydrogen (secondary N) is 1. The lowest BCUT2D eigenvalue weighted by Gasteiger charge is -2.12. The summed E-state index contributed by atoms with van der Waals surface area (Å²) in [5, 5.41) is 19.0. The lowest BCUT2D eigenvalue weighted by atomic mass is 9.95. The van der Waals surface area contributed by atoms with Gasteiger partial charge in [-0.05, 0) is 81.9 Å². The summed E-state index contributed by atoms with van der Waals surface area (Å²) in [6.07, 6.45) is 6.80. The number of nitrogens with zero attached hydrogens (tertiary/aromatic N) is 3. The highest BCUT2D eigenvalue weighted by Gasteiger charge is 2.12. The lowest BCUT2D eigenvalue weighted by molar-refractivity contribution is -0.384. The van der Waals surface area contributed by atoms with Crippen molar-refractivity contribution in [1.82, 2.24) is 9.88 Å². The van der Waals surface area contributed by atoms with Gasteiger partial charge < -0.3 is 10.3 Å². The van der Waals surface area contributed by atoms with Crippen molar-refractivity contribution in [2.45, 2.75) is 73.6 Å². The summed E-state index contributed by atoms with van der Waals surface area (Å²) in [7, 11) is 4.17. The van der Waals surface area contributed by atoms with E-state index in [0.29, 0.717) is 10.9 Å². The molecule has 6 nitrogen and oxygen atoms in total. The minimum absolute atomic E-state index is 0.200. The summed E-state index contributed by atoms with van der Waals surface area (Å²) in [4.78, 5) is 16.4. The number of nitro benzene ring substituents is 1. The molecule has 0 aliphatic carbocycles. The van der Waals surface area contributed by atoms with E-state index in [9.17, 15) is 10.1 Å². The molecule has 0 bridgehead atoms. The molecule has 0 spiro atoms. The Morgan fingerprint density at radius 2 is 1.79 bits per heavy atom. The molecule has 1 unspecified atom stereocenters. The number of halogens is 1. The Kier molecular flexibility index (Phi) is 16.0. The number of hydrogen-bond acceptors (Lipinski definition) is 5. The molecular formula is C27H43ClN4O2. The molecular weight excluding hydrogens is 448 g/mol. The Hall–Kier alpha value is -2.31. The van der Waals surface area contributed by atoms with Crippen LogP contribution in [0.15, 0.2) is 30.5 Å². The van der Waals surface area contributed by atoms with Crippen LogP contribution < -0.4 is 0 Å². The zero-order valence-electron chi connectivity index (χ0n) is 22.2. The topological polar surface area (TPSA) is 83.1 Å². The fourth-order valence-corrected chi connectivity index (χ4v) is 3.51. The van der Waals surface area contributed by atoms with Gasteiger partial charge in [0.2, 0.25) is 0 Å². The van der Waals surface area contributed by atoms with E-state index >= 15 is 0 Å². The molecule has 190 valence electrons. The summed E-state index contributed by atoms with van der Waals surface area (Å²) < 4.78 is 0. The van der Waals surface area contributed by atoms with Gasteiger partial charge in [0, 0.05) is 29.6 Å². The van der Waals surface area contributed by atoms with E-state index in [2.05, 4.69) is 58.6 Å². The van der Waals surface area contributed by atoms with Crippen molar-refractivity contribution in [3.8, 4) is 0 Å². The van der Waals surface area contributed by atoms with Gasteiger partial charge in [-0.1, -0.05) is 58.7 Å². The molecule has 0 fully saturated rings. The number of pyridine rings is 1. The van der Waals surface area contributed by atoms with Gasteiger partial charge in [0.1, 0.15) is 5.15 Å². The van der Waals surface area contributed by atoms with Crippen LogP contribution in [0.2, 0.25) is 5.15 Å². The van der Waals surface area contributed by atoms with Gasteiger partial charge >= 0.3 is 0 Å². The Balaban J connectivity index is 0.000000521. The molecule has 0 amide bonds. The molecule has 0 radical (unpaired) electrons. The number of benzene rings is 1. The van der Waals surface area contributed by atoms with E-state index < -0.39 is 0 Å². The molecule has 1 aromatic heterocycles. The average molecular weight is 491 g/mol. The van der Waals surface area contributed by atoms with Gasteiger partial charge in [0.15, 0.2) is 0 Å². The van der Waals surface area contributed by atoms with Crippen molar-refractivity contribution in [2.75, 3.05) is 20.6 Å². The quantitative estimate of drug-likeness (QED) is 0.170. The van der Waals surface area contributed by atoms with E-state index in [-0.39, 0.29) is 16.5 Å². The average Bonchev–Trinajstić information content (AvgIpc) is 2.79. The van der Waals surface area contributed by atoms with E-state index in [4.69, 9.17) is 17.0 Å². The molecule has 34 heavy (non-hydrogen) atoms. The van der Waals surface area contributed by atoms with Gasteiger partial charge in [0.25, 0.3) is 5.69 Å². The molecule has 1 heterocycles. The van der Waals surface area contributed by atoms with E-state index in [1.165, 1.54) is 18.5 Å². The minimum atomic E-state index is -0.335. The Morgan fingerprint density at radius 1 is 1.15 bits per heavy atom. The van der Waals surface area contributed by atoms with Crippen LogP contribution in [0.3, 0.4) is 0 Å². The second-order valence-electron chi connectivity index (χ2n) is 8.66. The molecule has 2 rings (SSSR count). The fourth-order valence-electron chi connectivity index (χ4n) is 3.29. The predicted octanol–water partition coefficient (Wildman–Crippen LogP) is 7.53. The van der Waals surface area contributed by atoms with Gasteiger partial charge in [-0.2, -0.15) is 0 Å². The van der Waals surface area contributed by atoms with Crippen molar-refractivity contribution in [1.29, 1.82) is 5.41 Å². The first kappa shape index (κ1) is 31.7. The lowest BCUT2D eigenvalue weighted by Crippen LogP contribution is -2.12. The van der Waals surface area contributed by atoms with Crippen LogP contribution in [0.1, 0.15) is 76.1 Å². The van der Waals surface area contributed by atoms with Crippen LogP contribution in [0.25, 0.3) is 0 Å². The van der Waals surface area contributed by atoms with Gasteiger partial charge in [-0.25, -0.2) is 4.98 Å². The molecule has 1 aromatic carbocycles. The highest BCUT2D eigenvalue weighted by atomic mass is 35.5. The maximum Gasteiger partial charge on any atom is 0.269 e. The normalized spacial score (nSPS) is 11.1. The van der Waals surface area contributed by atoms with Crippen LogP contribution in [0.5, 0.6) is 0 Å². The van der Waals surface area contributed by atoms with Gasteiger partial charge in [0.05, 0.1) is 4.92 Å². The van der Waals surface area contributed by atoms with Crippen molar-refractivity contribution in [3.63, 3.8) is 0 Å². The monoisotopic (exact) mass is 490 g/mol. The Morgan fingerprint density at radius 3 is 2.21 bits per heavy atom. The van der Waals surface area contributed by atoms with Gasteiger partial charge in [-0.3, -0.25) is 10.1 Å². The zero-order chi connectivity index (χ0) is 26.3. The highest BCUT2D eigenvalue weighted by Crippen LogP contribution is 2.20. The number of nitro groups is 1. The van der Waals surface area contributed by atoms with Gasteiger partial charge in [-0.15, -0.1) is 0 Å². The Bertz CT molecular complexity index is 900. The largest absolute Gasteiger partial charge is 0.309 e. The molecule has 0 aliphatic heterocycles. The molecule has 0 saturated carbocycles. The molecule has 0 aliphatic rings. The molecule has 0 saturated heterocycles. The molecule has 1 N–H and O–H groups in total. The van der Waals surface area contributed by atoms with Crippen LogP contribution in [0, 0.1) is 28.4 Å². The molecule has 7 heteroatoms. The van der Waals surface area contributed by atoms with Crippen molar-refractivity contribution in [2.24, 2.45) is 5.92 Å². The van der Waals surface area contributed by atoms with Crippen LogP contribution >= 0.6 is 11.6 Å². The number of hydrogen-bond donors (Lipinski definition) is 1. The van der Waals surface area contributed by atoms with Crippen LogP contribution in [-0.2, 0) is 12.8 Å². The summed E-state index contributed by atoms with van der Waals surface area (Å²) in [6, 6.07) is 6.94. The standard InChI is InChI=1S/C11H15ClN2.C11H15NO2.C5H13N/c1-4-7(2)11(13)9-6-14-10(12)5-8(9)3;1-3-5-10-8-11(12(13)14)7-6-9(10)4-2;1-4-5-6(2)3/h5-7,13H,4H2,1-3H3;6-8H,3-5H2,1-2H3;4-5H2,1-3H3. The fraction of sp³-hybridized carbons (Fsp3) is 0.556. The molecule has 2 aromatic rings. The summed E-state index contributed by atoms with van der Waals surface area (Å²) in [5.74, 6) is 0.275. The second kappa shape index (κ2) is 17.2. The van der Waals surface area contributed by atoms with E-state index in [0.717, 1.165) is 42.4 Å². The number of aryl methyl sites for hydroxylation is 3. The number of non-ortho nitro benzene ring substituents is 1. The van der Waals surface area contributed by atoms with Crippen LogP contribution in [0.4, 0.5) is 5.69 Å². The first-order chi connectivity index (χ1) is 16.0. The summed E-state index contributed by atoms with van der Waals surface area (Å²) in [6.45, 7) is 13.6. The maximum atomic E-state index is 10.6. The zero-order valence-corrected chi connectivity index (χ0v) is 23.0. The SMILES string of the molecule is CCC(C)C(=N)c1cnc(Cl)cc1C.CCCN(C)C.CCCc1cc([N+](=O)[O-])ccc1CC. The minimum Gasteiger partial charge on any atom is -0.309 e. The number of aromatic nitrogens is 1. The second-order valence-corrected chi connectivity index (χ2v) is 9.05. The van der Waals surface area contributed by atoms with Crippen molar-refractivity contribution >= 4 is 23.0 Å². The highest BCUT2D eigenvalue weighted by molar-refractivity contribution is 6.29. The predicted molar refractivity (Wildman–Crippen MR) is 146 cm³/mol. The van der Waals surface area contributed by atoms with E-state index in [1.54, 1.807) is 24.4 Å². The maximum absolute atomic E-state index is 10.6. The summed E-state index contributed by atoms with van der Waals surface area (Å²) in [5.41, 5.74) is 5.11. The smallest absolute Gasteiger partial charge is 0.269 e. The van der Waals surface area contributed by atoms with E-state index in [1.807, 2.05) is 13.0 Å². The van der Waals surface area contributed by atoms with Crippen molar-refractivity contribution in [3.05, 3.63) is 68.0 Å². The third-order valence-corrected chi connectivity index (χ3v) is 5.65.